The molecule has 0 radical (unpaired) electrons. The number of hydrogen-bond acceptors (Lipinski definition) is 5. The molecule has 1 aromatic rings. The van der Waals surface area contributed by atoms with Crippen molar-refractivity contribution < 1.29 is 14.4 Å². The Kier molecular flexibility index (Phi) is 4.15. The zero-order valence-electron chi connectivity index (χ0n) is 10.4. The molecular weight excluding hydrogens is 220 g/mol. The highest BCUT2D eigenvalue weighted by molar-refractivity contribution is 5.04. The van der Waals surface area contributed by atoms with Gasteiger partial charge in [0.05, 0.1) is 11.8 Å². The van der Waals surface area contributed by atoms with Gasteiger partial charge in [0.1, 0.15) is 6.61 Å². The molecule has 1 aliphatic rings. The second-order valence-electron chi connectivity index (χ2n) is 4.79. The topological polar surface area (TPSA) is 58.7 Å². The number of hydrogen-bond donors (Lipinski definition) is 1. The molecule has 5 nitrogen and oxygen atoms in total. The van der Waals surface area contributed by atoms with Crippen molar-refractivity contribution in [3.63, 3.8) is 0 Å². The van der Waals surface area contributed by atoms with Gasteiger partial charge in [-0.15, -0.1) is 0 Å². The second kappa shape index (κ2) is 5.62. The van der Waals surface area contributed by atoms with Crippen molar-refractivity contribution in [2.75, 3.05) is 20.2 Å². The number of aliphatic hydroxyl groups is 1. The van der Waals surface area contributed by atoms with Gasteiger partial charge in [0.15, 0.2) is 5.76 Å². The normalized spacial score (nSPS) is 26.3. The smallest absolute Gasteiger partial charge is 0.162 e. The quantitative estimate of drug-likeness (QED) is 0.851. The third-order valence-corrected chi connectivity index (χ3v) is 3.28. The summed E-state index contributed by atoms with van der Waals surface area (Å²) in [5.41, 5.74) is 0.902. The minimum Gasteiger partial charge on any atom is -0.392 e. The fourth-order valence-electron chi connectivity index (χ4n) is 2.13. The van der Waals surface area contributed by atoms with E-state index < -0.39 is 0 Å². The van der Waals surface area contributed by atoms with Crippen molar-refractivity contribution in [3.8, 4) is 0 Å². The van der Waals surface area contributed by atoms with Crippen molar-refractivity contribution in [1.29, 1.82) is 0 Å². The Balaban J connectivity index is 1.87. The van der Waals surface area contributed by atoms with Crippen LogP contribution in [-0.2, 0) is 17.9 Å². The van der Waals surface area contributed by atoms with E-state index in [1.165, 1.54) is 0 Å². The summed E-state index contributed by atoms with van der Waals surface area (Å²) >= 11 is 0. The zero-order chi connectivity index (χ0) is 12.3. The molecule has 0 amide bonds. The van der Waals surface area contributed by atoms with E-state index in [1.807, 2.05) is 6.07 Å². The van der Waals surface area contributed by atoms with Crippen LogP contribution >= 0.6 is 0 Å². The molecule has 2 heterocycles. The fourth-order valence-corrected chi connectivity index (χ4v) is 2.13. The van der Waals surface area contributed by atoms with Crippen LogP contribution in [-0.4, -0.2) is 41.5 Å². The minimum absolute atomic E-state index is 0.228. The molecule has 2 unspecified atom stereocenters. The Labute approximate surface area is 101 Å². The van der Waals surface area contributed by atoms with Gasteiger partial charge in [0, 0.05) is 26.3 Å². The van der Waals surface area contributed by atoms with Crippen LogP contribution in [0.5, 0.6) is 0 Å². The van der Waals surface area contributed by atoms with Gasteiger partial charge in [-0.1, -0.05) is 12.1 Å². The van der Waals surface area contributed by atoms with E-state index in [9.17, 15) is 5.11 Å². The van der Waals surface area contributed by atoms with Crippen LogP contribution in [0.1, 0.15) is 24.8 Å². The lowest BCUT2D eigenvalue weighted by molar-refractivity contribution is 0.0250. The maximum atomic E-state index is 9.81. The standard InChI is InChI=1S/C12H20N2O3/c1-9-3-4-14(7-12(9)15)6-10-5-11(8-16-2)17-13-10/h5,9,12,15H,3-4,6-8H2,1-2H3. The summed E-state index contributed by atoms with van der Waals surface area (Å²) in [5.74, 6) is 1.14. The van der Waals surface area contributed by atoms with Gasteiger partial charge in [-0.2, -0.15) is 0 Å². The van der Waals surface area contributed by atoms with Gasteiger partial charge in [-0.25, -0.2) is 0 Å². The van der Waals surface area contributed by atoms with Crippen molar-refractivity contribution in [2.24, 2.45) is 5.92 Å². The number of aromatic nitrogens is 1. The molecule has 0 saturated carbocycles. The van der Waals surface area contributed by atoms with Crippen molar-refractivity contribution >= 4 is 0 Å². The Morgan fingerprint density at radius 2 is 2.47 bits per heavy atom. The predicted molar refractivity (Wildman–Crippen MR) is 62.3 cm³/mol. The number of ether oxygens (including phenoxy) is 1. The van der Waals surface area contributed by atoms with Gasteiger partial charge >= 0.3 is 0 Å². The molecule has 0 bridgehead atoms. The largest absolute Gasteiger partial charge is 0.392 e. The van der Waals surface area contributed by atoms with Gasteiger partial charge in [0.25, 0.3) is 0 Å². The summed E-state index contributed by atoms with van der Waals surface area (Å²) < 4.78 is 10.1. The number of methoxy groups -OCH3 is 1. The highest BCUT2D eigenvalue weighted by Crippen LogP contribution is 2.18. The maximum Gasteiger partial charge on any atom is 0.162 e. The molecule has 0 spiro atoms. The summed E-state index contributed by atoms with van der Waals surface area (Å²) in [6.45, 7) is 5.00. The van der Waals surface area contributed by atoms with Gasteiger partial charge in [-0.3, -0.25) is 4.90 Å². The van der Waals surface area contributed by atoms with E-state index in [0.717, 1.165) is 31.0 Å². The molecule has 2 atom stereocenters. The van der Waals surface area contributed by atoms with Crippen LogP contribution in [0.25, 0.3) is 0 Å². The highest BCUT2D eigenvalue weighted by Gasteiger charge is 2.24. The third kappa shape index (κ3) is 3.28. The molecule has 1 N–H and O–H groups in total. The van der Waals surface area contributed by atoms with E-state index in [1.54, 1.807) is 7.11 Å². The molecule has 1 aromatic heterocycles. The van der Waals surface area contributed by atoms with Crippen LogP contribution in [0.3, 0.4) is 0 Å². The van der Waals surface area contributed by atoms with Gasteiger partial charge in [-0.05, 0) is 18.9 Å². The Morgan fingerprint density at radius 1 is 1.65 bits per heavy atom. The maximum absolute atomic E-state index is 9.81. The first-order valence-electron chi connectivity index (χ1n) is 6.03. The summed E-state index contributed by atoms with van der Waals surface area (Å²) in [5, 5.41) is 13.8. The Bertz CT molecular complexity index is 353. The van der Waals surface area contributed by atoms with Crippen LogP contribution in [0, 0.1) is 5.92 Å². The lowest BCUT2D eigenvalue weighted by Crippen LogP contribution is -2.42. The van der Waals surface area contributed by atoms with E-state index >= 15 is 0 Å². The minimum atomic E-state index is -0.228. The molecule has 1 aliphatic heterocycles. The number of rotatable bonds is 4. The second-order valence-corrected chi connectivity index (χ2v) is 4.79. The molecule has 1 saturated heterocycles. The van der Waals surface area contributed by atoms with Crippen LogP contribution < -0.4 is 0 Å². The lowest BCUT2D eigenvalue weighted by Gasteiger charge is -2.33. The molecular formula is C12H20N2O3. The Morgan fingerprint density at radius 3 is 3.18 bits per heavy atom. The summed E-state index contributed by atoms with van der Waals surface area (Å²) in [7, 11) is 1.63. The summed E-state index contributed by atoms with van der Waals surface area (Å²) in [6, 6.07) is 1.91. The predicted octanol–water partition coefficient (Wildman–Crippen LogP) is 1.02. The number of nitrogens with zero attached hydrogens (tertiary/aromatic N) is 2. The van der Waals surface area contributed by atoms with Crippen molar-refractivity contribution in [3.05, 3.63) is 17.5 Å². The van der Waals surface area contributed by atoms with Gasteiger partial charge < -0.3 is 14.4 Å². The van der Waals surface area contributed by atoms with E-state index in [-0.39, 0.29) is 6.10 Å². The molecule has 96 valence electrons. The third-order valence-electron chi connectivity index (χ3n) is 3.28. The lowest BCUT2D eigenvalue weighted by atomic mass is 9.96. The van der Waals surface area contributed by atoms with Crippen molar-refractivity contribution in [1.82, 2.24) is 10.1 Å². The monoisotopic (exact) mass is 240 g/mol. The first-order valence-corrected chi connectivity index (χ1v) is 6.03. The fraction of sp³-hybridized carbons (Fsp3) is 0.750. The first kappa shape index (κ1) is 12.5. The zero-order valence-corrected chi connectivity index (χ0v) is 10.4. The SMILES string of the molecule is COCc1cc(CN2CCC(C)C(O)C2)no1. The van der Waals surface area contributed by atoms with Gasteiger partial charge in [0.2, 0.25) is 0 Å². The van der Waals surface area contributed by atoms with E-state index in [4.69, 9.17) is 9.26 Å². The average Bonchev–Trinajstić information content (AvgIpc) is 2.72. The van der Waals surface area contributed by atoms with E-state index in [0.29, 0.717) is 19.1 Å². The van der Waals surface area contributed by atoms with E-state index in [2.05, 4.69) is 17.0 Å². The molecule has 0 aromatic carbocycles. The number of piperidine rings is 1. The highest BCUT2D eigenvalue weighted by atomic mass is 16.5. The van der Waals surface area contributed by atoms with Crippen LogP contribution in [0.4, 0.5) is 0 Å². The average molecular weight is 240 g/mol. The number of aliphatic hydroxyl groups excluding tert-OH is 1. The summed E-state index contributed by atoms with van der Waals surface area (Å²) in [6.07, 6.45) is 0.804. The number of β-amino-alcohol motifs (C(OH)–C–C–N with tert-alkyl or cyclic N) is 1. The van der Waals surface area contributed by atoms with Crippen LogP contribution in [0.2, 0.25) is 0 Å². The molecule has 5 heteroatoms. The number of likely N-dealkylation sites (tertiary alicyclic amines) is 1. The first-order chi connectivity index (χ1) is 8.19. The molecule has 1 fully saturated rings. The van der Waals surface area contributed by atoms with Crippen LogP contribution in [0.15, 0.2) is 10.6 Å². The molecule has 17 heavy (non-hydrogen) atoms. The molecule has 0 aliphatic carbocycles. The Hall–Kier alpha value is -0.910. The molecule has 2 rings (SSSR count). The summed E-state index contributed by atoms with van der Waals surface area (Å²) in [4.78, 5) is 2.21. The van der Waals surface area contributed by atoms with Crippen molar-refractivity contribution in [2.45, 2.75) is 32.6 Å².